The summed E-state index contributed by atoms with van der Waals surface area (Å²) in [6.07, 6.45) is 1.02. The molecule has 0 aromatic heterocycles. The first-order chi connectivity index (χ1) is 9.17. The van der Waals surface area contributed by atoms with E-state index in [-0.39, 0.29) is 23.4 Å². The topological polar surface area (TPSA) is 95.9 Å². The van der Waals surface area contributed by atoms with Gasteiger partial charge in [0.05, 0.1) is 11.8 Å². The van der Waals surface area contributed by atoms with E-state index in [0.717, 1.165) is 0 Å². The van der Waals surface area contributed by atoms with Gasteiger partial charge in [-0.3, -0.25) is 9.69 Å². The molecule has 110 valence electrons. The molecule has 0 radical (unpaired) electrons. The Labute approximate surface area is 120 Å². The lowest BCUT2D eigenvalue weighted by molar-refractivity contribution is -0.146. The Morgan fingerprint density at radius 1 is 1.50 bits per heavy atom. The number of hydrogen-bond acceptors (Lipinski definition) is 5. The molecule has 0 saturated carbocycles. The van der Waals surface area contributed by atoms with Crippen molar-refractivity contribution in [3.8, 4) is 0 Å². The predicted molar refractivity (Wildman–Crippen MR) is 71.7 cm³/mol. The van der Waals surface area contributed by atoms with Crippen molar-refractivity contribution in [3.05, 3.63) is 11.8 Å². The summed E-state index contributed by atoms with van der Waals surface area (Å²) < 4.78 is 5.12. The van der Waals surface area contributed by atoms with Crippen molar-refractivity contribution >= 4 is 29.7 Å². The van der Waals surface area contributed by atoms with E-state index < -0.39 is 23.0 Å². The number of carboxylic acids is 1. The number of thioether (sulfide) groups is 1. The predicted octanol–water partition coefficient (Wildman–Crippen LogP) is 1.11. The molecule has 0 aromatic carbocycles. The molecule has 2 N–H and O–H groups in total. The SMILES string of the molecule is CC(C)(C)OC(=O)NC1C=C(C(=O)O)N2C(=O)C[C@H]2S1. The van der Waals surface area contributed by atoms with Crippen LogP contribution in [0.15, 0.2) is 11.8 Å². The number of carbonyl (C=O) groups excluding carboxylic acids is 2. The minimum Gasteiger partial charge on any atom is -0.477 e. The van der Waals surface area contributed by atoms with Crippen molar-refractivity contribution < 1.29 is 24.2 Å². The quantitative estimate of drug-likeness (QED) is 0.742. The van der Waals surface area contributed by atoms with Crippen LogP contribution in [0.25, 0.3) is 0 Å². The number of alkyl carbamates (subject to hydrolysis) is 1. The van der Waals surface area contributed by atoms with Gasteiger partial charge in [0.15, 0.2) is 0 Å². The third-order valence-corrected chi connectivity index (χ3v) is 3.90. The Morgan fingerprint density at radius 3 is 2.65 bits per heavy atom. The number of aliphatic carboxylic acids is 1. The van der Waals surface area contributed by atoms with Crippen molar-refractivity contribution in [3.63, 3.8) is 0 Å². The standard InChI is InChI=1S/C12H16N2O5S/c1-12(2,3)19-11(18)13-7-4-6(10(16)17)14-8(15)5-9(14)20-7/h4,7,9H,5H2,1-3H3,(H,13,18)(H,16,17)/t7?,9-/m1/s1. The molecule has 2 rings (SSSR count). The van der Waals surface area contributed by atoms with Crippen molar-refractivity contribution in [2.75, 3.05) is 0 Å². The number of hydrogen-bond donors (Lipinski definition) is 2. The summed E-state index contributed by atoms with van der Waals surface area (Å²) in [5, 5.41) is 10.9. The highest BCUT2D eigenvalue weighted by molar-refractivity contribution is 8.00. The van der Waals surface area contributed by atoms with Crippen LogP contribution < -0.4 is 5.32 Å². The Bertz CT molecular complexity index is 497. The van der Waals surface area contributed by atoms with Crippen molar-refractivity contribution in [2.45, 2.75) is 43.5 Å². The zero-order valence-corrected chi connectivity index (χ0v) is 12.2. The van der Waals surface area contributed by atoms with Gasteiger partial charge in [0, 0.05) is 0 Å². The molecule has 20 heavy (non-hydrogen) atoms. The van der Waals surface area contributed by atoms with Gasteiger partial charge in [-0.2, -0.15) is 0 Å². The highest BCUT2D eigenvalue weighted by atomic mass is 32.2. The van der Waals surface area contributed by atoms with Gasteiger partial charge in [0.2, 0.25) is 5.91 Å². The number of ether oxygens (including phenoxy) is 1. The maximum atomic E-state index is 11.7. The summed E-state index contributed by atoms with van der Waals surface area (Å²) in [6.45, 7) is 5.22. The van der Waals surface area contributed by atoms with E-state index in [4.69, 9.17) is 9.84 Å². The van der Waals surface area contributed by atoms with Gasteiger partial charge in [-0.25, -0.2) is 9.59 Å². The molecule has 2 amide bonds. The minimum absolute atomic E-state index is 0.0916. The fraction of sp³-hybridized carbons (Fsp3) is 0.583. The third kappa shape index (κ3) is 3.06. The van der Waals surface area contributed by atoms with Crippen LogP contribution in [0.2, 0.25) is 0 Å². The van der Waals surface area contributed by atoms with E-state index in [1.165, 1.54) is 22.7 Å². The number of nitrogens with zero attached hydrogens (tertiary/aromatic N) is 1. The molecule has 0 spiro atoms. The van der Waals surface area contributed by atoms with Gasteiger partial charge in [-0.05, 0) is 26.8 Å². The molecule has 1 unspecified atom stereocenters. The average Bonchev–Trinajstić information content (AvgIpc) is 2.23. The van der Waals surface area contributed by atoms with Crippen LogP contribution in [0, 0.1) is 0 Å². The second-order valence-corrected chi connectivity index (χ2v) is 6.81. The number of rotatable bonds is 2. The molecule has 2 aliphatic rings. The van der Waals surface area contributed by atoms with Gasteiger partial charge in [-0.15, -0.1) is 11.8 Å². The van der Waals surface area contributed by atoms with Gasteiger partial charge < -0.3 is 15.2 Å². The highest BCUT2D eigenvalue weighted by Gasteiger charge is 2.45. The Morgan fingerprint density at radius 2 is 2.15 bits per heavy atom. The van der Waals surface area contributed by atoms with Crippen LogP contribution in [0.5, 0.6) is 0 Å². The van der Waals surface area contributed by atoms with Crippen molar-refractivity contribution in [2.24, 2.45) is 0 Å². The molecule has 1 fully saturated rings. The molecule has 8 heteroatoms. The van der Waals surface area contributed by atoms with Gasteiger partial charge in [-0.1, -0.05) is 0 Å². The second-order valence-electron chi connectivity index (χ2n) is 5.48. The maximum Gasteiger partial charge on any atom is 0.408 e. The largest absolute Gasteiger partial charge is 0.477 e. The lowest BCUT2D eigenvalue weighted by atomic mass is 10.1. The zero-order chi connectivity index (χ0) is 15.1. The molecular formula is C12H16N2O5S. The van der Waals surface area contributed by atoms with E-state index in [2.05, 4.69) is 5.32 Å². The summed E-state index contributed by atoms with van der Waals surface area (Å²) in [6, 6.07) is 0. The number of nitrogens with one attached hydrogen (secondary N) is 1. The molecule has 2 aliphatic heterocycles. The van der Waals surface area contributed by atoms with Gasteiger partial charge >= 0.3 is 12.1 Å². The number of carboxylic acid groups (broad SMARTS) is 1. The number of amides is 2. The normalized spacial score (nSPS) is 25.2. The molecule has 0 aromatic rings. The van der Waals surface area contributed by atoms with E-state index >= 15 is 0 Å². The lowest BCUT2D eigenvalue weighted by Crippen LogP contribution is -2.55. The minimum atomic E-state index is -1.18. The van der Waals surface area contributed by atoms with Gasteiger partial charge in [0.25, 0.3) is 0 Å². The summed E-state index contributed by atoms with van der Waals surface area (Å²) in [7, 11) is 0. The second kappa shape index (κ2) is 5.01. The summed E-state index contributed by atoms with van der Waals surface area (Å²) >= 11 is 1.31. The van der Waals surface area contributed by atoms with Crippen molar-refractivity contribution in [1.29, 1.82) is 0 Å². The number of fused-ring (bicyclic) bond motifs is 1. The molecule has 0 bridgehead atoms. The molecule has 2 atom stereocenters. The Kier molecular flexibility index (Phi) is 3.68. The average molecular weight is 300 g/mol. The molecule has 1 saturated heterocycles. The molecule has 7 nitrogen and oxygen atoms in total. The monoisotopic (exact) mass is 300 g/mol. The number of carbonyl (C=O) groups is 3. The first-order valence-electron chi connectivity index (χ1n) is 6.09. The van der Waals surface area contributed by atoms with E-state index in [1.807, 2.05) is 0 Å². The van der Waals surface area contributed by atoms with Crippen molar-refractivity contribution in [1.82, 2.24) is 10.2 Å². The van der Waals surface area contributed by atoms with E-state index in [0.29, 0.717) is 0 Å². The van der Waals surface area contributed by atoms with Crippen LogP contribution in [-0.4, -0.2) is 44.3 Å². The lowest BCUT2D eigenvalue weighted by Gasteiger charge is -2.44. The highest BCUT2D eigenvalue weighted by Crippen LogP contribution is 2.39. The third-order valence-electron chi connectivity index (χ3n) is 2.66. The van der Waals surface area contributed by atoms with Crippen LogP contribution in [0.4, 0.5) is 4.79 Å². The molecular weight excluding hydrogens is 284 g/mol. The van der Waals surface area contributed by atoms with Crippen LogP contribution in [-0.2, 0) is 14.3 Å². The Balaban J connectivity index is 2.06. The molecule has 2 heterocycles. The first-order valence-corrected chi connectivity index (χ1v) is 7.04. The number of β-lactam (4-membered cyclic amide) rings is 1. The molecule has 0 aliphatic carbocycles. The van der Waals surface area contributed by atoms with Crippen LogP contribution in [0.3, 0.4) is 0 Å². The fourth-order valence-electron chi connectivity index (χ4n) is 1.89. The Hall–Kier alpha value is -1.70. The summed E-state index contributed by atoms with van der Waals surface area (Å²) in [4.78, 5) is 35.4. The van der Waals surface area contributed by atoms with E-state index in [9.17, 15) is 14.4 Å². The smallest absolute Gasteiger partial charge is 0.408 e. The van der Waals surface area contributed by atoms with E-state index in [1.54, 1.807) is 20.8 Å². The fourth-order valence-corrected chi connectivity index (χ4v) is 3.19. The maximum absolute atomic E-state index is 11.7. The summed E-state index contributed by atoms with van der Waals surface area (Å²) in [5.41, 5.74) is -0.715. The van der Waals surface area contributed by atoms with Crippen LogP contribution >= 0.6 is 11.8 Å². The van der Waals surface area contributed by atoms with Crippen LogP contribution in [0.1, 0.15) is 27.2 Å². The van der Waals surface area contributed by atoms with Gasteiger partial charge in [0.1, 0.15) is 16.7 Å². The zero-order valence-electron chi connectivity index (χ0n) is 11.4. The summed E-state index contributed by atoms with van der Waals surface area (Å²) in [5.74, 6) is -1.40. The first kappa shape index (κ1) is 14.7.